The molecular weight excluding hydrogens is 190 g/mol. The molecule has 1 aromatic carbocycles. The van der Waals surface area contributed by atoms with Crippen molar-refractivity contribution < 1.29 is 9.53 Å². The van der Waals surface area contributed by atoms with E-state index < -0.39 is 0 Å². The van der Waals surface area contributed by atoms with Gasteiger partial charge in [-0.25, -0.2) is 0 Å². The normalized spacial score (nSPS) is 7.73. The van der Waals surface area contributed by atoms with Gasteiger partial charge in [0.1, 0.15) is 12.5 Å². The zero-order chi connectivity index (χ0) is 12.1. The van der Waals surface area contributed by atoms with Crippen LogP contribution < -0.4 is 10.1 Å². The van der Waals surface area contributed by atoms with Crippen LogP contribution in [0.25, 0.3) is 0 Å². The van der Waals surface area contributed by atoms with Crippen LogP contribution in [0.3, 0.4) is 0 Å². The fraction of sp³-hybridized carbons (Fsp3) is 0.417. The first-order chi connectivity index (χ1) is 7.36. The molecule has 3 heteroatoms. The van der Waals surface area contributed by atoms with E-state index in [1.165, 1.54) is 5.56 Å². The smallest absolute Gasteiger partial charge is 0.118 e. The largest absolute Gasteiger partial charge is 0.497 e. The number of methoxy groups -OCH3 is 1. The van der Waals surface area contributed by atoms with Gasteiger partial charge in [-0.1, -0.05) is 26.0 Å². The Morgan fingerprint density at radius 2 is 1.67 bits per heavy atom. The third-order valence-corrected chi connectivity index (χ3v) is 1.54. The Balaban J connectivity index is 0. The summed E-state index contributed by atoms with van der Waals surface area (Å²) in [5.74, 6) is 0.907. The molecular formula is C12H21NO2. The summed E-state index contributed by atoms with van der Waals surface area (Å²) >= 11 is 0. The SMILES string of the molecule is C=O.CC.CNCc1ccc(OC)cc1. The summed E-state index contributed by atoms with van der Waals surface area (Å²) in [5, 5.41) is 3.08. The monoisotopic (exact) mass is 211 g/mol. The number of hydrogen-bond acceptors (Lipinski definition) is 3. The molecule has 0 aliphatic carbocycles. The van der Waals surface area contributed by atoms with Crippen molar-refractivity contribution in [3.05, 3.63) is 29.8 Å². The molecule has 0 aliphatic heterocycles. The summed E-state index contributed by atoms with van der Waals surface area (Å²) in [4.78, 5) is 8.00. The Morgan fingerprint density at radius 3 is 2.00 bits per heavy atom. The predicted octanol–water partition coefficient (Wildman–Crippen LogP) is 2.26. The molecule has 0 bridgehead atoms. The van der Waals surface area contributed by atoms with E-state index in [9.17, 15) is 0 Å². The molecule has 0 amide bonds. The van der Waals surface area contributed by atoms with Gasteiger partial charge in [-0.15, -0.1) is 0 Å². The number of carbonyl (C=O) groups excluding carboxylic acids is 1. The van der Waals surface area contributed by atoms with Crippen LogP contribution in [-0.2, 0) is 11.3 Å². The minimum Gasteiger partial charge on any atom is -0.497 e. The summed E-state index contributed by atoms with van der Waals surface area (Å²) in [7, 11) is 3.61. The van der Waals surface area contributed by atoms with Gasteiger partial charge in [-0.05, 0) is 24.7 Å². The third kappa shape index (κ3) is 7.70. The summed E-state index contributed by atoms with van der Waals surface area (Å²) in [5.41, 5.74) is 1.27. The molecule has 0 saturated carbocycles. The van der Waals surface area contributed by atoms with Gasteiger partial charge in [0.15, 0.2) is 0 Å². The van der Waals surface area contributed by atoms with Gasteiger partial charge in [0.2, 0.25) is 0 Å². The highest BCUT2D eigenvalue weighted by atomic mass is 16.5. The Bertz CT molecular complexity index is 222. The van der Waals surface area contributed by atoms with E-state index in [-0.39, 0.29) is 0 Å². The van der Waals surface area contributed by atoms with Crippen molar-refractivity contribution in [2.75, 3.05) is 14.2 Å². The number of hydrogen-bond donors (Lipinski definition) is 1. The first-order valence-corrected chi connectivity index (χ1v) is 4.93. The van der Waals surface area contributed by atoms with Crippen molar-refractivity contribution >= 4 is 6.79 Å². The fourth-order valence-corrected chi connectivity index (χ4v) is 0.948. The van der Waals surface area contributed by atoms with Crippen molar-refractivity contribution in [1.29, 1.82) is 0 Å². The second kappa shape index (κ2) is 12.7. The van der Waals surface area contributed by atoms with Gasteiger partial charge in [0, 0.05) is 6.54 Å². The molecule has 0 unspecified atom stereocenters. The van der Waals surface area contributed by atoms with Crippen LogP contribution in [-0.4, -0.2) is 20.9 Å². The van der Waals surface area contributed by atoms with Gasteiger partial charge >= 0.3 is 0 Å². The van der Waals surface area contributed by atoms with Crippen molar-refractivity contribution in [3.8, 4) is 5.75 Å². The highest BCUT2D eigenvalue weighted by molar-refractivity contribution is 5.26. The minimum atomic E-state index is 0.907. The standard InChI is InChI=1S/C9H13NO.C2H6.CH2O/c1-10-7-8-3-5-9(11-2)6-4-8;2*1-2/h3-6,10H,7H2,1-2H3;1-2H3;1H2. The molecule has 0 atom stereocenters. The zero-order valence-electron chi connectivity index (χ0n) is 10.0. The number of benzene rings is 1. The van der Waals surface area contributed by atoms with Gasteiger partial charge in [-0.2, -0.15) is 0 Å². The maximum Gasteiger partial charge on any atom is 0.118 e. The van der Waals surface area contributed by atoms with Crippen molar-refractivity contribution in [2.45, 2.75) is 20.4 Å². The topological polar surface area (TPSA) is 38.3 Å². The van der Waals surface area contributed by atoms with Crippen LogP contribution in [0.15, 0.2) is 24.3 Å². The molecule has 0 spiro atoms. The third-order valence-electron chi connectivity index (χ3n) is 1.54. The molecule has 1 aromatic rings. The van der Waals surface area contributed by atoms with E-state index >= 15 is 0 Å². The summed E-state index contributed by atoms with van der Waals surface area (Å²) in [6, 6.07) is 8.03. The van der Waals surface area contributed by atoms with E-state index in [2.05, 4.69) is 17.4 Å². The van der Waals surface area contributed by atoms with Gasteiger partial charge in [0.05, 0.1) is 7.11 Å². The summed E-state index contributed by atoms with van der Waals surface area (Å²) in [6.45, 7) is 6.91. The Morgan fingerprint density at radius 1 is 1.20 bits per heavy atom. The first-order valence-electron chi connectivity index (χ1n) is 4.93. The van der Waals surface area contributed by atoms with Crippen LogP contribution >= 0.6 is 0 Å². The van der Waals surface area contributed by atoms with Gasteiger partial charge in [-0.3, -0.25) is 0 Å². The first kappa shape index (κ1) is 16.1. The van der Waals surface area contributed by atoms with Crippen molar-refractivity contribution in [2.24, 2.45) is 0 Å². The van der Waals surface area contributed by atoms with E-state index in [1.807, 2.05) is 39.8 Å². The zero-order valence-corrected chi connectivity index (χ0v) is 10.0. The highest BCUT2D eigenvalue weighted by Gasteiger charge is 1.90. The minimum absolute atomic E-state index is 0.907. The van der Waals surface area contributed by atoms with Crippen molar-refractivity contribution in [3.63, 3.8) is 0 Å². The van der Waals surface area contributed by atoms with Gasteiger partial charge in [0.25, 0.3) is 0 Å². The molecule has 0 aromatic heterocycles. The van der Waals surface area contributed by atoms with Crippen molar-refractivity contribution in [1.82, 2.24) is 5.32 Å². The maximum atomic E-state index is 8.00. The molecule has 86 valence electrons. The molecule has 15 heavy (non-hydrogen) atoms. The molecule has 1 N–H and O–H groups in total. The average molecular weight is 211 g/mol. The lowest BCUT2D eigenvalue weighted by molar-refractivity contribution is -0.0979. The second-order valence-corrected chi connectivity index (χ2v) is 2.38. The summed E-state index contributed by atoms with van der Waals surface area (Å²) in [6.07, 6.45) is 0. The van der Waals surface area contributed by atoms with Crippen LogP contribution in [0.4, 0.5) is 0 Å². The molecule has 0 aliphatic rings. The van der Waals surface area contributed by atoms with Crippen LogP contribution in [0.1, 0.15) is 19.4 Å². The molecule has 0 fully saturated rings. The van der Waals surface area contributed by atoms with Crippen LogP contribution in [0.5, 0.6) is 5.75 Å². The van der Waals surface area contributed by atoms with Gasteiger partial charge < -0.3 is 14.8 Å². The van der Waals surface area contributed by atoms with Crippen LogP contribution in [0, 0.1) is 0 Å². The second-order valence-electron chi connectivity index (χ2n) is 2.38. The van der Waals surface area contributed by atoms with Crippen LogP contribution in [0.2, 0.25) is 0 Å². The lowest BCUT2D eigenvalue weighted by Crippen LogP contribution is -2.04. The van der Waals surface area contributed by atoms with E-state index in [0.717, 1.165) is 12.3 Å². The lowest BCUT2D eigenvalue weighted by Gasteiger charge is -2.01. The highest BCUT2D eigenvalue weighted by Crippen LogP contribution is 2.10. The maximum absolute atomic E-state index is 8.00. The van der Waals surface area contributed by atoms with E-state index in [1.54, 1.807) is 7.11 Å². The number of rotatable bonds is 3. The fourth-order valence-electron chi connectivity index (χ4n) is 0.948. The summed E-state index contributed by atoms with van der Waals surface area (Å²) < 4.78 is 5.03. The van der Waals surface area contributed by atoms with E-state index in [0.29, 0.717) is 0 Å². The lowest BCUT2D eigenvalue weighted by atomic mass is 10.2. The molecule has 0 heterocycles. The molecule has 1 rings (SSSR count). The molecule has 3 nitrogen and oxygen atoms in total. The van der Waals surface area contributed by atoms with E-state index in [4.69, 9.17) is 9.53 Å². The molecule has 0 radical (unpaired) electrons. The molecule has 0 saturated heterocycles. The quantitative estimate of drug-likeness (QED) is 0.833. The number of nitrogens with one attached hydrogen (secondary N) is 1. The average Bonchev–Trinajstić information content (AvgIpc) is 2.36. The Hall–Kier alpha value is -1.35. The predicted molar refractivity (Wildman–Crippen MR) is 64.2 cm³/mol. The number of ether oxygens (including phenoxy) is 1. The number of carbonyl (C=O) groups is 1. The Labute approximate surface area is 92.5 Å². The Kier molecular flexibility index (Phi) is 13.6.